The molecule has 0 atom stereocenters. The zero-order chi connectivity index (χ0) is 25.3. The number of hydrogen-bond donors (Lipinski definition) is 1. The number of carbonyl (C=O) groups is 2. The Morgan fingerprint density at radius 1 is 1.14 bits per heavy atom. The molecule has 0 saturated carbocycles. The Bertz CT molecular complexity index is 1380. The van der Waals surface area contributed by atoms with Gasteiger partial charge in [-0.3, -0.25) is 28.8 Å². The highest BCUT2D eigenvalue weighted by Crippen LogP contribution is 2.37. The van der Waals surface area contributed by atoms with E-state index in [0.717, 1.165) is 6.07 Å². The first-order chi connectivity index (χ1) is 16.7. The number of hydrogen-bond acceptors (Lipinski definition) is 6. The Kier molecular flexibility index (Phi) is 6.81. The highest BCUT2D eigenvalue weighted by atomic mass is 35.5. The van der Waals surface area contributed by atoms with Gasteiger partial charge in [0.15, 0.2) is 5.02 Å². The highest BCUT2D eigenvalue weighted by molar-refractivity contribution is 6.31. The van der Waals surface area contributed by atoms with Crippen LogP contribution in [0, 0.1) is 11.6 Å². The van der Waals surface area contributed by atoms with E-state index in [1.54, 1.807) is 18.2 Å². The van der Waals surface area contributed by atoms with Crippen LogP contribution in [0.4, 0.5) is 20.2 Å². The molecule has 0 fully saturated rings. The normalized spacial score (nSPS) is 12.6. The number of benzene rings is 2. The Labute approximate surface area is 202 Å². The lowest BCUT2D eigenvalue weighted by Crippen LogP contribution is -2.38. The van der Waals surface area contributed by atoms with E-state index in [4.69, 9.17) is 16.3 Å². The van der Waals surface area contributed by atoms with Gasteiger partial charge in [0.1, 0.15) is 37.8 Å². The second-order valence-corrected chi connectivity index (χ2v) is 8.09. The van der Waals surface area contributed by atoms with E-state index >= 15 is 0 Å². The standard InChI is InChI=1S/C23H19ClF2N4O5/c1-13(32)29-12-30(20(33)9-31)19-6-14(2-5-18(19)29)8-28-11-27-22(21(24)23(28)34)35-10-15-3-4-16(25)7-17(15)26/h2-7,11,31H,8-10,12H2,1H3. The maximum Gasteiger partial charge on any atom is 0.276 e. The topological polar surface area (TPSA) is 105 Å². The number of anilines is 2. The maximum absolute atomic E-state index is 13.8. The van der Waals surface area contributed by atoms with E-state index in [1.165, 1.54) is 33.7 Å². The van der Waals surface area contributed by atoms with Gasteiger partial charge < -0.3 is 9.84 Å². The van der Waals surface area contributed by atoms with Gasteiger partial charge in [-0.2, -0.15) is 0 Å². The van der Waals surface area contributed by atoms with Crippen molar-refractivity contribution < 1.29 is 28.2 Å². The molecule has 9 nitrogen and oxygen atoms in total. The fraction of sp³-hybridized carbons (Fsp3) is 0.217. The molecule has 1 aromatic heterocycles. The van der Waals surface area contributed by atoms with E-state index in [-0.39, 0.29) is 42.2 Å². The largest absolute Gasteiger partial charge is 0.471 e. The van der Waals surface area contributed by atoms with Crippen LogP contribution in [0.2, 0.25) is 5.02 Å². The van der Waals surface area contributed by atoms with Crippen molar-refractivity contribution in [3.8, 4) is 5.88 Å². The number of nitrogens with zero attached hydrogens (tertiary/aromatic N) is 4. The van der Waals surface area contributed by atoms with Gasteiger partial charge in [-0.15, -0.1) is 0 Å². The predicted octanol–water partition coefficient (Wildman–Crippen LogP) is 2.45. The number of amides is 2. The number of ether oxygens (including phenoxy) is 1. The third-order valence-electron chi connectivity index (χ3n) is 5.40. The third-order valence-corrected chi connectivity index (χ3v) is 5.73. The summed E-state index contributed by atoms with van der Waals surface area (Å²) in [6, 6.07) is 7.97. The minimum atomic E-state index is -0.803. The lowest BCUT2D eigenvalue weighted by Gasteiger charge is -2.16. The van der Waals surface area contributed by atoms with Crippen LogP contribution in [0.3, 0.4) is 0 Å². The van der Waals surface area contributed by atoms with E-state index < -0.39 is 29.7 Å². The maximum atomic E-state index is 13.8. The SMILES string of the molecule is CC(=O)N1CN(C(=O)CO)c2cc(Cn3cnc(OCc4ccc(F)cc4F)c(Cl)c3=O)ccc21. The van der Waals surface area contributed by atoms with E-state index in [9.17, 15) is 28.3 Å². The van der Waals surface area contributed by atoms with Crippen LogP contribution in [-0.4, -0.2) is 39.7 Å². The molecule has 2 heterocycles. The van der Waals surface area contributed by atoms with Crippen molar-refractivity contribution in [2.75, 3.05) is 23.1 Å². The molecule has 4 rings (SSSR count). The summed E-state index contributed by atoms with van der Waals surface area (Å²) in [5.41, 5.74) is 0.971. The van der Waals surface area contributed by atoms with Crippen molar-refractivity contribution >= 4 is 34.8 Å². The van der Waals surface area contributed by atoms with Crippen molar-refractivity contribution in [2.45, 2.75) is 20.1 Å². The molecular weight excluding hydrogens is 486 g/mol. The number of aromatic nitrogens is 2. The fourth-order valence-electron chi connectivity index (χ4n) is 3.62. The first kappa shape index (κ1) is 24.3. The molecule has 0 spiro atoms. The first-order valence-electron chi connectivity index (χ1n) is 10.3. The van der Waals surface area contributed by atoms with Crippen LogP contribution in [0.1, 0.15) is 18.1 Å². The molecule has 0 radical (unpaired) electrons. The molecule has 12 heteroatoms. The van der Waals surface area contributed by atoms with Gasteiger partial charge >= 0.3 is 0 Å². The number of rotatable bonds is 6. The smallest absolute Gasteiger partial charge is 0.276 e. The average Bonchev–Trinajstić information content (AvgIpc) is 3.21. The molecule has 3 aromatic rings. The van der Waals surface area contributed by atoms with Crippen molar-refractivity contribution in [1.29, 1.82) is 0 Å². The van der Waals surface area contributed by atoms with Crippen LogP contribution >= 0.6 is 11.6 Å². The second-order valence-electron chi connectivity index (χ2n) is 7.71. The van der Waals surface area contributed by atoms with E-state index in [1.807, 2.05) is 0 Å². The quantitative estimate of drug-likeness (QED) is 0.553. The first-order valence-corrected chi connectivity index (χ1v) is 10.7. The molecule has 0 bridgehead atoms. The second kappa shape index (κ2) is 9.80. The van der Waals surface area contributed by atoms with Gasteiger partial charge in [0.05, 0.1) is 17.9 Å². The Morgan fingerprint density at radius 3 is 2.60 bits per heavy atom. The minimum Gasteiger partial charge on any atom is -0.471 e. The number of aliphatic hydroxyl groups excluding tert-OH is 1. The molecule has 1 N–H and O–H groups in total. The van der Waals surface area contributed by atoms with Gasteiger partial charge in [-0.25, -0.2) is 13.8 Å². The lowest BCUT2D eigenvalue weighted by molar-refractivity contribution is -0.121. The van der Waals surface area contributed by atoms with Crippen LogP contribution in [0.25, 0.3) is 0 Å². The van der Waals surface area contributed by atoms with Gasteiger partial charge in [0.25, 0.3) is 11.5 Å². The Morgan fingerprint density at radius 2 is 1.91 bits per heavy atom. The highest BCUT2D eigenvalue weighted by Gasteiger charge is 2.32. The van der Waals surface area contributed by atoms with Crippen molar-refractivity contribution in [3.05, 3.63) is 80.9 Å². The number of fused-ring (bicyclic) bond motifs is 1. The summed E-state index contributed by atoms with van der Waals surface area (Å²) in [6.07, 6.45) is 1.20. The number of halogens is 3. The average molecular weight is 505 g/mol. The molecule has 0 unspecified atom stereocenters. The van der Waals surface area contributed by atoms with Crippen LogP contribution < -0.4 is 20.1 Å². The molecule has 1 aliphatic rings. The third kappa shape index (κ3) is 4.86. The molecule has 182 valence electrons. The lowest BCUT2D eigenvalue weighted by atomic mass is 10.1. The summed E-state index contributed by atoms with van der Waals surface area (Å²) in [5, 5.41) is 8.95. The van der Waals surface area contributed by atoms with Gasteiger partial charge in [0.2, 0.25) is 11.8 Å². The Balaban J connectivity index is 1.56. The van der Waals surface area contributed by atoms with E-state index in [2.05, 4.69) is 4.98 Å². The molecule has 35 heavy (non-hydrogen) atoms. The molecule has 0 aliphatic carbocycles. The van der Waals surface area contributed by atoms with Crippen LogP contribution in [0.5, 0.6) is 5.88 Å². The summed E-state index contributed by atoms with van der Waals surface area (Å²) in [7, 11) is 0. The monoisotopic (exact) mass is 504 g/mol. The molecule has 0 saturated heterocycles. The molecule has 2 amide bonds. The Hall–Kier alpha value is -3.83. The van der Waals surface area contributed by atoms with Crippen LogP contribution in [-0.2, 0) is 22.7 Å². The van der Waals surface area contributed by atoms with Crippen molar-refractivity contribution in [1.82, 2.24) is 9.55 Å². The van der Waals surface area contributed by atoms with Gasteiger partial charge in [-0.05, 0) is 29.8 Å². The summed E-state index contributed by atoms with van der Waals surface area (Å²) >= 11 is 6.13. The van der Waals surface area contributed by atoms with Crippen molar-refractivity contribution in [2.24, 2.45) is 0 Å². The van der Waals surface area contributed by atoms with E-state index in [0.29, 0.717) is 23.0 Å². The summed E-state index contributed by atoms with van der Waals surface area (Å²) < 4.78 is 33.4. The zero-order valence-electron chi connectivity index (χ0n) is 18.4. The van der Waals surface area contributed by atoms with Gasteiger partial charge in [0, 0.05) is 18.6 Å². The van der Waals surface area contributed by atoms with Gasteiger partial charge in [-0.1, -0.05) is 17.7 Å². The van der Waals surface area contributed by atoms with Crippen LogP contribution in [0.15, 0.2) is 47.5 Å². The summed E-state index contributed by atoms with van der Waals surface area (Å²) in [4.78, 5) is 43.5. The molecule has 2 aromatic carbocycles. The number of aliphatic hydroxyl groups is 1. The fourth-order valence-corrected chi connectivity index (χ4v) is 3.83. The minimum absolute atomic E-state index is 0.0263. The number of carbonyl (C=O) groups excluding carboxylic acids is 2. The summed E-state index contributed by atoms with van der Waals surface area (Å²) in [5.74, 6) is -2.58. The molecular formula is C23H19ClF2N4O5. The van der Waals surface area contributed by atoms with Crippen molar-refractivity contribution in [3.63, 3.8) is 0 Å². The predicted molar refractivity (Wildman–Crippen MR) is 122 cm³/mol. The summed E-state index contributed by atoms with van der Waals surface area (Å²) in [6.45, 7) is 0.340. The molecule has 1 aliphatic heterocycles. The zero-order valence-corrected chi connectivity index (χ0v) is 19.1.